The summed E-state index contributed by atoms with van der Waals surface area (Å²) in [5.41, 5.74) is 0. The molecule has 3 rings (SSSR count). The van der Waals surface area contributed by atoms with Crippen molar-refractivity contribution in [3.8, 4) is 0 Å². The number of nitrogens with zero attached hydrogens (tertiary/aromatic N) is 3. The van der Waals surface area contributed by atoms with Crippen molar-refractivity contribution in [3.05, 3.63) is 28.2 Å². The van der Waals surface area contributed by atoms with E-state index in [0.717, 1.165) is 12.2 Å². The summed E-state index contributed by atoms with van der Waals surface area (Å²) in [5, 5.41) is 9.75. The minimum Gasteiger partial charge on any atom is -0.282 e. The lowest BCUT2D eigenvalue weighted by Crippen LogP contribution is -2.31. The average Bonchev–Trinajstić information content (AvgIpc) is 3.18. The summed E-state index contributed by atoms with van der Waals surface area (Å²) in [5.74, 6) is 1.30. The Balaban J connectivity index is 1.49. The first-order valence-corrected chi connectivity index (χ1v) is 8.48. The van der Waals surface area contributed by atoms with Crippen molar-refractivity contribution in [2.45, 2.75) is 24.4 Å². The minimum atomic E-state index is -0.0750. The van der Waals surface area contributed by atoms with Crippen LogP contribution < -0.4 is 0 Å². The van der Waals surface area contributed by atoms with Crippen molar-refractivity contribution in [2.24, 2.45) is 0 Å². The summed E-state index contributed by atoms with van der Waals surface area (Å²) >= 11 is 3.13. The number of H-pyrrole nitrogens is 1. The van der Waals surface area contributed by atoms with Crippen LogP contribution in [0.15, 0.2) is 22.7 Å². The number of carbonyl (C=O) groups excluding carboxylic acids is 2. The molecule has 0 atom stereocenters. The van der Waals surface area contributed by atoms with Gasteiger partial charge in [-0.2, -0.15) is 0 Å². The number of hydrogen-bond acceptors (Lipinski definition) is 6. The van der Waals surface area contributed by atoms with Gasteiger partial charge in [0.2, 0.25) is 17.0 Å². The summed E-state index contributed by atoms with van der Waals surface area (Å²) < 4.78 is 0. The van der Waals surface area contributed by atoms with Crippen LogP contribution in [0.25, 0.3) is 0 Å². The van der Waals surface area contributed by atoms with E-state index in [9.17, 15) is 9.59 Å². The fourth-order valence-electron chi connectivity index (χ4n) is 2.10. The predicted octanol–water partition coefficient (Wildman–Crippen LogP) is 1.70. The van der Waals surface area contributed by atoms with Crippen molar-refractivity contribution in [3.63, 3.8) is 0 Å². The van der Waals surface area contributed by atoms with Gasteiger partial charge in [0, 0.05) is 36.4 Å². The molecule has 0 bridgehead atoms. The normalized spacial score (nSPS) is 15.1. The third-order valence-corrected chi connectivity index (χ3v) is 4.84. The van der Waals surface area contributed by atoms with Crippen molar-refractivity contribution >= 4 is 34.9 Å². The molecule has 8 heteroatoms. The SMILES string of the molecule is O=C1CCC(=O)N1CCSc1n[nH]c(Cc2cccs2)n1. The van der Waals surface area contributed by atoms with Crippen molar-refractivity contribution < 1.29 is 9.59 Å². The van der Waals surface area contributed by atoms with E-state index in [1.807, 2.05) is 11.4 Å². The van der Waals surface area contributed by atoms with Gasteiger partial charge in [0.25, 0.3) is 0 Å². The molecule has 110 valence electrons. The van der Waals surface area contributed by atoms with E-state index < -0.39 is 0 Å². The second-order valence-electron chi connectivity index (χ2n) is 4.61. The molecule has 21 heavy (non-hydrogen) atoms. The molecule has 0 spiro atoms. The first-order valence-electron chi connectivity index (χ1n) is 6.62. The maximum absolute atomic E-state index is 11.5. The van der Waals surface area contributed by atoms with Gasteiger partial charge >= 0.3 is 0 Å². The molecule has 0 aromatic carbocycles. The molecule has 0 aliphatic carbocycles. The van der Waals surface area contributed by atoms with Crippen molar-refractivity contribution in [2.75, 3.05) is 12.3 Å². The number of imide groups is 1. The highest BCUT2D eigenvalue weighted by atomic mass is 32.2. The van der Waals surface area contributed by atoms with Gasteiger partial charge < -0.3 is 0 Å². The maximum Gasteiger partial charge on any atom is 0.229 e. The topological polar surface area (TPSA) is 79.0 Å². The summed E-state index contributed by atoms with van der Waals surface area (Å²) in [6.45, 7) is 0.428. The molecule has 2 aromatic heterocycles. The van der Waals surface area contributed by atoms with Crippen molar-refractivity contribution in [1.82, 2.24) is 20.1 Å². The smallest absolute Gasteiger partial charge is 0.229 e. The Morgan fingerprint density at radius 1 is 1.33 bits per heavy atom. The van der Waals surface area contributed by atoms with Gasteiger partial charge in [-0.05, 0) is 11.4 Å². The fourth-order valence-corrected chi connectivity index (χ4v) is 3.55. The van der Waals surface area contributed by atoms with Crippen LogP contribution in [-0.2, 0) is 16.0 Å². The molecule has 0 saturated carbocycles. The third-order valence-electron chi connectivity index (χ3n) is 3.13. The van der Waals surface area contributed by atoms with Crippen molar-refractivity contribution in [1.29, 1.82) is 0 Å². The van der Waals surface area contributed by atoms with Crippen LogP contribution in [0.4, 0.5) is 0 Å². The molecule has 2 aromatic rings. The van der Waals surface area contributed by atoms with Crippen LogP contribution in [0.5, 0.6) is 0 Å². The predicted molar refractivity (Wildman–Crippen MR) is 80.2 cm³/mol. The van der Waals surface area contributed by atoms with E-state index >= 15 is 0 Å². The van der Waals surface area contributed by atoms with E-state index in [2.05, 4.69) is 21.2 Å². The number of thiophene rings is 1. The number of aromatic amines is 1. The largest absolute Gasteiger partial charge is 0.282 e. The van der Waals surface area contributed by atoms with E-state index in [-0.39, 0.29) is 11.8 Å². The molecule has 2 amide bonds. The molecule has 6 nitrogen and oxygen atoms in total. The quantitative estimate of drug-likeness (QED) is 0.647. The first-order chi connectivity index (χ1) is 10.2. The van der Waals surface area contributed by atoms with Crippen LogP contribution in [0.1, 0.15) is 23.5 Å². The standard InChI is InChI=1S/C13H14N4O2S2/c18-11-3-4-12(19)17(11)5-7-21-13-14-10(15-16-13)8-9-2-1-6-20-9/h1-2,6H,3-5,7-8H2,(H,14,15,16). The summed E-state index contributed by atoms with van der Waals surface area (Å²) in [4.78, 5) is 29.9. The Labute approximate surface area is 130 Å². The Kier molecular flexibility index (Phi) is 4.35. The lowest BCUT2D eigenvalue weighted by atomic mass is 10.3. The van der Waals surface area contributed by atoms with Gasteiger partial charge in [-0.25, -0.2) is 4.98 Å². The first kappa shape index (κ1) is 14.3. The van der Waals surface area contributed by atoms with E-state index in [0.29, 0.717) is 30.3 Å². The van der Waals surface area contributed by atoms with Crippen LogP contribution in [-0.4, -0.2) is 44.2 Å². The molecule has 1 aliphatic rings. The van der Waals surface area contributed by atoms with Crippen LogP contribution >= 0.6 is 23.1 Å². The highest BCUT2D eigenvalue weighted by Crippen LogP contribution is 2.18. The lowest BCUT2D eigenvalue weighted by Gasteiger charge is -2.11. The summed E-state index contributed by atoms with van der Waals surface area (Å²) in [6.07, 6.45) is 1.43. The monoisotopic (exact) mass is 322 g/mol. The Hall–Kier alpha value is -1.67. The van der Waals surface area contributed by atoms with E-state index in [1.165, 1.54) is 21.5 Å². The molecule has 1 fully saturated rings. The molecule has 3 heterocycles. The minimum absolute atomic E-state index is 0.0750. The van der Waals surface area contributed by atoms with Gasteiger partial charge in [0.1, 0.15) is 5.82 Å². The van der Waals surface area contributed by atoms with Crippen LogP contribution in [0.2, 0.25) is 0 Å². The number of aromatic nitrogens is 3. The van der Waals surface area contributed by atoms with E-state index in [4.69, 9.17) is 0 Å². The Morgan fingerprint density at radius 2 is 2.14 bits per heavy atom. The van der Waals surface area contributed by atoms with Crippen LogP contribution in [0, 0.1) is 0 Å². The molecular weight excluding hydrogens is 308 g/mol. The Bertz CT molecular complexity index is 622. The number of likely N-dealkylation sites (tertiary alicyclic amines) is 1. The molecule has 0 unspecified atom stereocenters. The summed E-state index contributed by atoms with van der Waals surface area (Å²) in [6, 6.07) is 4.07. The zero-order valence-electron chi connectivity index (χ0n) is 11.2. The van der Waals surface area contributed by atoms with Gasteiger partial charge in [0.15, 0.2) is 0 Å². The zero-order valence-corrected chi connectivity index (χ0v) is 12.9. The highest BCUT2D eigenvalue weighted by Gasteiger charge is 2.28. The highest BCUT2D eigenvalue weighted by molar-refractivity contribution is 7.99. The second-order valence-corrected chi connectivity index (χ2v) is 6.70. The maximum atomic E-state index is 11.5. The molecular formula is C13H14N4O2S2. The molecule has 1 N–H and O–H groups in total. The lowest BCUT2D eigenvalue weighted by molar-refractivity contribution is -0.137. The number of carbonyl (C=O) groups is 2. The van der Waals surface area contributed by atoms with E-state index in [1.54, 1.807) is 11.3 Å². The average molecular weight is 322 g/mol. The molecule has 1 aliphatic heterocycles. The van der Waals surface area contributed by atoms with Crippen LogP contribution in [0.3, 0.4) is 0 Å². The number of hydrogen-bond donors (Lipinski definition) is 1. The number of thioether (sulfide) groups is 1. The Morgan fingerprint density at radius 3 is 2.86 bits per heavy atom. The number of amides is 2. The zero-order chi connectivity index (χ0) is 14.7. The van der Waals surface area contributed by atoms with Gasteiger partial charge in [-0.15, -0.1) is 16.4 Å². The molecule has 1 saturated heterocycles. The summed E-state index contributed by atoms with van der Waals surface area (Å²) in [7, 11) is 0. The number of rotatable bonds is 6. The molecule has 0 radical (unpaired) electrons. The van der Waals surface area contributed by atoms with Gasteiger partial charge in [-0.3, -0.25) is 19.6 Å². The second kappa shape index (κ2) is 6.40. The van der Waals surface area contributed by atoms with Gasteiger partial charge in [-0.1, -0.05) is 17.8 Å². The number of nitrogens with one attached hydrogen (secondary N) is 1. The van der Waals surface area contributed by atoms with Gasteiger partial charge in [0.05, 0.1) is 0 Å². The fraction of sp³-hybridized carbons (Fsp3) is 0.385. The third kappa shape index (κ3) is 3.51.